The number of nitrogens with zero attached hydrogens (tertiary/aromatic N) is 3. The fraction of sp³-hybridized carbons (Fsp3) is 0.600. The molecule has 1 amide bonds. The first-order valence-electron chi connectivity index (χ1n) is 7.62. The monoisotopic (exact) mass is 308 g/mol. The summed E-state index contributed by atoms with van der Waals surface area (Å²) in [7, 11) is 0. The van der Waals surface area contributed by atoms with Crippen molar-refractivity contribution in [1.29, 1.82) is 0 Å². The first-order valence-corrected chi connectivity index (χ1v) is 8.00. The lowest BCUT2D eigenvalue weighted by molar-refractivity contribution is 0.0622. The van der Waals surface area contributed by atoms with Crippen LogP contribution in [0.4, 0.5) is 5.82 Å². The quantitative estimate of drug-likeness (QED) is 0.925. The topological polar surface area (TPSA) is 48.5 Å². The summed E-state index contributed by atoms with van der Waals surface area (Å²) in [5.41, 5.74) is 0.356. The number of amides is 1. The molecular formula is C15H21ClN4O. The lowest BCUT2D eigenvalue weighted by Crippen LogP contribution is -2.49. The van der Waals surface area contributed by atoms with Gasteiger partial charge in [-0.15, -0.1) is 0 Å². The summed E-state index contributed by atoms with van der Waals surface area (Å²) in [5.74, 6) is 0.636. The zero-order chi connectivity index (χ0) is 14.8. The van der Waals surface area contributed by atoms with E-state index in [9.17, 15) is 4.79 Å². The maximum atomic E-state index is 12.6. The molecule has 2 fully saturated rings. The third-order valence-corrected chi connectivity index (χ3v) is 4.38. The van der Waals surface area contributed by atoms with E-state index in [4.69, 9.17) is 11.6 Å². The van der Waals surface area contributed by atoms with Gasteiger partial charge in [-0.1, -0.05) is 11.6 Å². The van der Waals surface area contributed by atoms with Gasteiger partial charge in [0.2, 0.25) is 0 Å². The van der Waals surface area contributed by atoms with Gasteiger partial charge in [0.1, 0.15) is 11.5 Å². The molecule has 2 heterocycles. The Morgan fingerprint density at radius 1 is 1.33 bits per heavy atom. The Morgan fingerprint density at radius 3 is 2.67 bits per heavy atom. The highest BCUT2D eigenvalue weighted by Gasteiger charge is 2.33. The summed E-state index contributed by atoms with van der Waals surface area (Å²) < 4.78 is 0. The number of hydrogen-bond acceptors (Lipinski definition) is 4. The van der Waals surface area contributed by atoms with Crippen LogP contribution in [-0.4, -0.2) is 59.5 Å². The molecule has 1 saturated carbocycles. The van der Waals surface area contributed by atoms with E-state index < -0.39 is 0 Å². The van der Waals surface area contributed by atoms with Crippen molar-refractivity contribution in [1.82, 2.24) is 14.8 Å². The van der Waals surface area contributed by atoms with Crippen LogP contribution >= 0.6 is 11.6 Å². The number of aromatic nitrogens is 1. The average Bonchev–Trinajstić information content (AvgIpc) is 3.34. The molecule has 0 aromatic carbocycles. The summed E-state index contributed by atoms with van der Waals surface area (Å²) in [6.07, 6.45) is 2.62. The minimum atomic E-state index is -0.0600. The molecule has 1 aliphatic carbocycles. The first-order chi connectivity index (χ1) is 10.2. The number of halogens is 1. The molecule has 114 valence electrons. The predicted octanol–water partition coefficient (Wildman–Crippen LogP) is 2.09. The fourth-order valence-corrected chi connectivity index (χ4v) is 2.94. The van der Waals surface area contributed by atoms with E-state index in [0.29, 0.717) is 16.5 Å². The minimum Gasteiger partial charge on any atom is -0.370 e. The summed E-state index contributed by atoms with van der Waals surface area (Å²) in [6.45, 7) is 6.20. The van der Waals surface area contributed by atoms with Crippen LogP contribution in [-0.2, 0) is 0 Å². The third kappa shape index (κ3) is 3.30. The molecule has 21 heavy (non-hydrogen) atoms. The lowest BCUT2D eigenvalue weighted by Gasteiger charge is -2.34. The second-order valence-corrected chi connectivity index (χ2v) is 6.02. The number of piperazine rings is 1. The highest BCUT2D eigenvalue weighted by Crippen LogP contribution is 2.28. The van der Waals surface area contributed by atoms with E-state index in [1.165, 1.54) is 12.8 Å². The van der Waals surface area contributed by atoms with Crippen molar-refractivity contribution in [3.8, 4) is 0 Å². The smallest absolute Gasteiger partial charge is 0.274 e. The summed E-state index contributed by atoms with van der Waals surface area (Å²) in [4.78, 5) is 21.3. The van der Waals surface area contributed by atoms with E-state index in [-0.39, 0.29) is 5.91 Å². The van der Waals surface area contributed by atoms with E-state index in [0.717, 1.165) is 38.8 Å². The maximum Gasteiger partial charge on any atom is 0.274 e. The minimum absolute atomic E-state index is 0.0600. The van der Waals surface area contributed by atoms with Gasteiger partial charge in [0, 0.05) is 38.8 Å². The lowest BCUT2D eigenvalue weighted by atomic mass is 10.2. The van der Waals surface area contributed by atoms with Crippen molar-refractivity contribution >= 4 is 23.3 Å². The van der Waals surface area contributed by atoms with Gasteiger partial charge >= 0.3 is 0 Å². The van der Waals surface area contributed by atoms with E-state index in [1.54, 1.807) is 12.1 Å². The maximum absolute atomic E-state index is 12.6. The van der Waals surface area contributed by atoms with Crippen LogP contribution in [0.15, 0.2) is 12.1 Å². The Balaban J connectivity index is 1.68. The summed E-state index contributed by atoms with van der Waals surface area (Å²) in [5, 5.41) is 3.54. The molecule has 2 aliphatic rings. The Labute approximate surface area is 130 Å². The van der Waals surface area contributed by atoms with Crippen molar-refractivity contribution in [3.63, 3.8) is 0 Å². The zero-order valence-corrected chi connectivity index (χ0v) is 13.1. The Hall–Kier alpha value is -1.33. The van der Waals surface area contributed by atoms with Gasteiger partial charge in [0.15, 0.2) is 0 Å². The van der Waals surface area contributed by atoms with Crippen LogP contribution in [0, 0.1) is 0 Å². The predicted molar refractivity (Wildman–Crippen MR) is 83.9 cm³/mol. The van der Waals surface area contributed by atoms with Crippen LogP contribution in [0.5, 0.6) is 0 Å². The average molecular weight is 309 g/mol. The summed E-state index contributed by atoms with van der Waals surface area (Å²) >= 11 is 6.15. The zero-order valence-electron chi connectivity index (χ0n) is 12.3. The molecular weight excluding hydrogens is 288 g/mol. The standard InChI is InChI=1S/C15H21ClN4O/c1-2-17-13-6-5-12(16)14(18-13)15(21)20-9-7-19(8-10-20)11-3-4-11/h5-6,11H,2-4,7-10H2,1H3,(H,17,18). The highest BCUT2D eigenvalue weighted by molar-refractivity contribution is 6.33. The number of hydrogen-bond donors (Lipinski definition) is 1. The molecule has 0 atom stereocenters. The van der Waals surface area contributed by atoms with Gasteiger partial charge in [-0.3, -0.25) is 9.69 Å². The number of rotatable bonds is 4. The molecule has 1 aromatic rings. The second kappa shape index (κ2) is 6.20. The van der Waals surface area contributed by atoms with Crippen molar-refractivity contribution in [2.45, 2.75) is 25.8 Å². The molecule has 0 bridgehead atoms. The first kappa shape index (κ1) is 14.6. The molecule has 0 unspecified atom stereocenters. The molecule has 5 nitrogen and oxygen atoms in total. The van der Waals surface area contributed by atoms with Crippen molar-refractivity contribution in [2.24, 2.45) is 0 Å². The number of carbonyl (C=O) groups is 1. The number of anilines is 1. The molecule has 0 radical (unpaired) electrons. The molecule has 1 aliphatic heterocycles. The van der Waals surface area contributed by atoms with Gasteiger partial charge in [0.05, 0.1) is 5.02 Å². The number of pyridine rings is 1. The van der Waals surface area contributed by atoms with E-state index in [1.807, 2.05) is 11.8 Å². The van der Waals surface area contributed by atoms with Gasteiger partial charge in [-0.2, -0.15) is 0 Å². The SMILES string of the molecule is CCNc1ccc(Cl)c(C(=O)N2CCN(C3CC3)CC2)n1. The van der Waals surface area contributed by atoms with Crippen LogP contribution < -0.4 is 5.32 Å². The largest absolute Gasteiger partial charge is 0.370 e. The molecule has 1 aromatic heterocycles. The van der Waals surface area contributed by atoms with Crippen molar-refractivity contribution in [3.05, 3.63) is 22.8 Å². The van der Waals surface area contributed by atoms with E-state index >= 15 is 0 Å². The van der Waals surface area contributed by atoms with Gasteiger partial charge in [-0.25, -0.2) is 4.98 Å². The van der Waals surface area contributed by atoms with Crippen LogP contribution in [0.25, 0.3) is 0 Å². The highest BCUT2D eigenvalue weighted by atomic mass is 35.5. The van der Waals surface area contributed by atoms with Gasteiger partial charge in [-0.05, 0) is 31.9 Å². The second-order valence-electron chi connectivity index (χ2n) is 5.62. The van der Waals surface area contributed by atoms with Crippen LogP contribution in [0.1, 0.15) is 30.3 Å². The van der Waals surface area contributed by atoms with Crippen LogP contribution in [0.3, 0.4) is 0 Å². The molecule has 0 spiro atoms. The Morgan fingerprint density at radius 2 is 2.05 bits per heavy atom. The molecule has 1 N–H and O–H groups in total. The van der Waals surface area contributed by atoms with Crippen LogP contribution in [0.2, 0.25) is 5.02 Å². The molecule has 1 saturated heterocycles. The van der Waals surface area contributed by atoms with Gasteiger partial charge < -0.3 is 10.2 Å². The normalized spacial score (nSPS) is 19.6. The van der Waals surface area contributed by atoms with Crippen molar-refractivity contribution < 1.29 is 4.79 Å². The fourth-order valence-electron chi connectivity index (χ4n) is 2.75. The molecule has 6 heteroatoms. The summed E-state index contributed by atoms with van der Waals surface area (Å²) in [6, 6.07) is 4.30. The molecule has 3 rings (SSSR count). The Bertz CT molecular complexity index is 524. The number of nitrogens with one attached hydrogen (secondary N) is 1. The van der Waals surface area contributed by atoms with Crippen molar-refractivity contribution in [2.75, 3.05) is 38.0 Å². The van der Waals surface area contributed by atoms with Gasteiger partial charge in [0.25, 0.3) is 5.91 Å². The Kier molecular flexibility index (Phi) is 4.31. The third-order valence-electron chi connectivity index (χ3n) is 4.07. The van der Waals surface area contributed by atoms with E-state index in [2.05, 4.69) is 15.2 Å². The number of carbonyl (C=O) groups excluding carboxylic acids is 1.